The van der Waals surface area contributed by atoms with Crippen molar-refractivity contribution in [3.63, 3.8) is 0 Å². The molecule has 1 amide bonds. The number of amides is 1. The minimum atomic E-state index is -1.02. The molecule has 134 valence electrons. The Balaban J connectivity index is 1.73. The lowest BCUT2D eigenvalue weighted by atomic mass is 9.56. The predicted octanol–water partition coefficient (Wildman–Crippen LogP) is 3.07. The quantitative estimate of drug-likeness (QED) is 0.799. The van der Waals surface area contributed by atoms with E-state index in [0.29, 0.717) is 5.92 Å². The van der Waals surface area contributed by atoms with Crippen LogP contribution in [0.25, 0.3) is 0 Å². The van der Waals surface area contributed by atoms with Crippen molar-refractivity contribution in [3.8, 4) is 0 Å². The summed E-state index contributed by atoms with van der Waals surface area (Å²) in [6.45, 7) is 15.3. The fraction of sp³-hybridized carbons (Fsp3) is 0.941. The number of likely N-dealkylation sites (tertiary alicyclic amines) is 1. The molecule has 0 radical (unpaired) electrons. The lowest BCUT2D eigenvalue weighted by molar-refractivity contribution is -0.0997. The van der Waals surface area contributed by atoms with Gasteiger partial charge in [-0.15, -0.1) is 4.72 Å². The second-order valence-electron chi connectivity index (χ2n) is 9.29. The summed E-state index contributed by atoms with van der Waals surface area (Å²) in [6, 6.07) is 0.247. The van der Waals surface area contributed by atoms with E-state index in [9.17, 15) is 9.35 Å². The lowest BCUT2D eigenvalue weighted by Gasteiger charge is -2.59. The molecule has 1 saturated heterocycles. The molecule has 1 aliphatic carbocycles. The minimum Gasteiger partial charge on any atom is -0.598 e. The second kappa shape index (κ2) is 6.12. The van der Waals surface area contributed by atoms with Crippen LogP contribution in [-0.2, 0) is 16.1 Å². The zero-order valence-electron chi connectivity index (χ0n) is 15.6. The monoisotopic (exact) mass is 344 g/mol. The molecule has 1 heterocycles. The van der Waals surface area contributed by atoms with E-state index < -0.39 is 17.0 Å². The van der Waals surface area contributed by atoms with Gasteiger partial charge in [-0.2, -0.15) is 0 Å². The number of hydrogen-bond acceptors (Lipinski definition) is 4. The topological polar surface area (TPSA) is 64.6 Å². The van der Waals surface area contributed by atoms with Crippen molar-refractivity contribution >= 4 is 17.5 Å². The Bertz CT molecular complexity index is 442. The fourth-order valence-corrected chi connectivity index (χ4v) is 4.21. The molecule has 23 heavy (non-hydrogen) atoms. The highest BCUT2D eigenvalue weighted by molar-refractivity contribution is 7.90. The number of carbonyl (C=O) groups excluding carboxylic acids is 1. The van der Waals surface area contributed by atoms with E-state index >= 15 is 0 Å². The van der Waals surface area contributed by atoms with E-state index in [1.165, 1.54) is 0 Å². The van der Waals surface area contributed by atoms with Crippen molar-refractivity contribution in [1.82, 2.24) is 9.62 Å². The molecule has 5 nitrogen and oxygen atoms in total. The summed E-state index contributed by atoms with van der Waals surface area (Å²) in [5.74, 6) is 0.544. The SMILES string of the molecule is C[C@H](N[S@+]([O-])C(C)(C)C)C1CC2(C1)CN(C(=O)OC(C)(C)C)C2. The number of nitrogens with zero attached hydrogens (tertiary/aromatic N) is 1. The maximum atomic E-state index is 12.2. The van der Waals surface area contributed by atoms with Gasteiger partial charge in [0.25, 0.3) is 0 Å². The maximum Gasteiger partial charge on any atom is 0.410 e. The maximum absolute atomic E-state index is 12.2. The number of ether oxygens (including phenoxy) is 1. The largest absolute Gasteiger partial charge is 0.598 e. The average Bonchev–Trinajstić information content (AvgIpc) is 2.20. The molecule has 0 unspecified atom stereocenters. The summed E-state index contributed by atoms with van der Waals surface area (Å²) in [4.78, 5) is 13.8. The first-order valence-corrected chi connectivity index (χ1v) is 9.62. The predicted molar refractivity (Wildman–Crippen MR) is 93.5 cm³/mol. The standard InChI is InChI=1S/C17H32N2O3S/c1-12(18-23(21)16(5,6)7)13-8-17(9-13)10-19(11-17)14(20)22-15(2,3)4/h12-13,18H,8-11H2,1-7H3/t12-,23+/m0/s1. The molecular weight excluding hydrogens is 312 g/mol. The molecule has 1 saturated carbocycles. The van der Waals surface area contributed by atoms with E-state index in [4.69, 9.17) is 4.74 Å². The first kappa shape index (κ1) is 18.9. The van der Waals surface area contributed by atoms with Crippen LogP contribution in [0.3, 0.4) is 0 Å². The molecule has 0 aromatic rings. The molecule has 1 spiro atoms. The number of hydrogen-bond donors (Lipinski definition) is 1. The minimum absolute atomic E-state index is 0.202. The van der Waals surface area contributed by atoms with Gasteiger partial charge in [-0.1, -0.05) is 0 Å². The van der Waals surface area contributed by atoms with Gasteiger partial charge in [-0.3, -0.25) is 0 Å². The van der Waals surface area contributed by atoms with E-state index in [1.54, 1.807) is 4.90 Å². The molecule has 1 N–H and O–H groups in total. The third-order valence-corrected chi connectivity index (χ3v) is 6.35. The fourth-order valence-electron chi connectivity index (χ4n) is 3.33. The van der Waals surface area contributed by atoms with E-state index in [-0.39, 0.29) is 22.3 Å². The van der Waals surface area contributed by atoms with Gasteiger partial charge in [0.05, 0.1) is 6.04 Å². The number of rotatable bonds is 3. The Labute approximate surface area is 143 Å². The van der Waals surface area contributed by atoms with Crippen LogP contribution >= 0.6 is 0 Å². The summed E-state index contributed by atoms with van der Waals surface area (Å²) in [7, 11) is 0. The molecule has 2 aliphatic rings. The average molecular weight is 345 g/mol. The van der Waals surface area contributed by atoms with Crippen LogP contribution < -0.4 is 4.72 Å². The summed E-state index contributed by atoms with van der Waals surface area (Å²) in [5.41, 5.74) is -0.155. The van der Waals surface area contributed by atoms with Crippen molar-refractivity contribution in [1.29, 1.82) is 0 Å². The Morgan fingerprint density at radius 2 is 1.78 bits per heavy atom. The van der Waals surface area contributed by atoms with Gasteiger partial charge < -0.3 is 14.2 Å². The second-order valence-corrected chi connectivity index (χ2v) is 11.3. The van der Waals surface area contributed by atoms with E-state index in [2.05, 4.69) is 11.6 Å². The zero-order chi connectivity index (χ0) is 17.6. The van der Waals surface area contributed by atoms with Crippen LogP contribution in [0.4, 0.5) is 4.79 Å². The molecular formula is C17H32N2O3S. The normalized spacial score (nSPS) is 23.9. The first-order chi connectivity index (χ1) is 10.3. The van der Waals surface area contributed by atoms with Gasteiger partial charge in [-0.25, -0.2) is 4.79 Å². The summed E-state index contributed by atoms with van der Waals surface area (Å²) < 4.78 is 20.6. The zero-order valence-corrected chi connectivity index (χ0v) is 16.4. The van der Waals surface area contributed by atoms with E-state index in [0.717, 1.165) is 25.9 Å². The van der Waals surface area contributed by atoms with Crippen LogP contribution in [0.1, 0.15) is 61.3 Å². The molecule has 2 atom stereocenters. The molecule has 2 fully saturated rings. The Morgan fingerprint density at radius 1 is 1.26 bits per heavy atom. The van der Waals surface area contributed by atoms with Crippen molar-refractivity contribution < 1.29 is 14.1 Å². The smallest absolute Gasteiger partial charge is 0.410 e. The highest BCUT2D eigenvalue weighted by Gasteiger charge is 2.55. The summed E-state index contributed by atoms with van der Waals surface area (Å²) in [6.07, 6.45) is 2.00. The van der Waals surface area contributed by atoms with Crippen LogP contribution in [0.5, 0.6) is 0 Å². The van der Waals surface area contributed by atoms with Crippen LogP contribution in [0, 0.1) is 11.3 Å². The number of carbonyl (C=O) groups is 1. The van der Waals surface area contributed by atoms with Crippen molar-refractivity contribution in [2.24, 2.45) is 11.3 Å². The van der Waals surface area contributed by atoms with Gasteiger partial charge in [0.1, 0.15) is 10.3 Å². The summed E-state index contributed by atoms with van der Waals surface area (Å²) >= 11 is -1.02. The van der Waals surface area contributed by atoms with Gasteiger partial charge in [0.15, 0.2) is 0 Å². The Kier molecular flexibility index (Phi) is 5.02. The van der Waals surface area contributed by atoms with Crippen molar-refractivity contribution in [2.45, 2.75) is 77.7 Å². The van der Waals surface area contributed by atoms with Gasteiger partial charge in [-0.05, 0) is 67.2 Å². The molecule has 0 aromatic carbocycles. The van der Waals surface area contributed by atoms with Crippen molar-refractivity contribution in [2.75, 3.05) is 13.1 Å². The van der Waals surface area contributed by atoms with Gasteiger partial charge in [0.2, 0.25) is 0 Å². The van der Waals surface area contributed by atoms with Crippen LogP contribution in [0.2, 0.25) is 0 Å². The van der Waals surface area contributed by atoms with Crippen LogP contribution in [0.15, 0.2) is 0 Å². The third kappa shape index (κ3) is 4.54. The first-order valence-electron chi connectivity index (χ1n) is 8.47. The Morgan fingerprint density at radius 3 is 2.22 bits per heavy atom. The summed E-state index contributed by atoms with van der Waals surface area (Å²) in [5, 5.41) is 0. The van der Waals surface area contributed by atoms with Gasteiger partial charge >= 0.3 is 6.09 Å². The molecule has 0 bridgehead atoms. The highest BCUT2D eigenvalue weighted by atomic mass is 32.2. The number of nitrogens with one attached hydrogen (secondary N) is 1. The molecule has 6 heteroatoms. The Hall–Kier alpha value is -0.460. The molecule has 1 aliphatic heterocycles. The third-order valence-electron chi connectivity index (χ3n) is 4.65. The van der Waals surface area contributed by atoms with Crippen molar-refractivity contribution in [3.05, 3.63) is 0 Å². The highest BCUT2D eigenvalue weighted by Crippen LogP contribution is 2.53. The van der Waals surface area contributed by atoms with E-state index in [1.807, 2.05) is 41.5 Å². The molecule has 2 rings (SSSR count). The van der Waals surface area contributed by atoms with Gasteiger partial charge in [0, 0.05) is 29.9 Å². The lowest BCUT2D eigenvalue weighted by Crippen LogP contribution is -2.66. The van der Waals surface area contributed by atoms with Crippen LogP contribution in [-0.4, -0.2) is 45.0 Å². The molecule has 0 aromatic heterocycles.